The Labute approximate surface area is 136 Å². The molecule has 1 nitrogen and oxygen atoms in total. The molecule has 0 saturated heterocycles. The minimum atomic E-state index is 0.664. The zero-order chi connectivity index (χ0) is 13.7. The molecule has 0 saturated carbocycles. The molecular formula is C17H15Br2N. The van der Waals surface area contributed by atoms with Crippen LogP contribution in [0.15, 0.2) is 45.3 Å². The maximum atomic E-state index is 3.59. The topological polar surface area (TPSA) is 3.24 Å². The van der Waals surface area contributed by atoms with Gasteiger partial charge in [-0.05, 0) is 73.2 Å². The van der Waals surface area contributed by atoms with Crippen LogP contribution in [0.4, 0.5) is 11.4 Å². The molecule has 0 unspecified atom stereocenters. The normalized spacial score (nSPS) is 17.4. The van der Waals surface area contributed by atoms with Crippen molar-refractivity contribution in [1.29, 1.82) is 0 Å². The van der Waals surface area contributed by atoms with Gasteiger partial charge in [-0.15, -0.1) is 0 Å². The summed E-state index contributed by atoms with van der Waals surface area (Å²) in [6.45, 7) is 0. The lowest BCUT2D eigenvalue weighted by molar-refractivity contribution is 0.518. The largest absolute Gasteiger partial charge is 0.338 e. The number of hydrogen-bond acceptors (Lipinski definition) is 1. The second kappa shape index (κ2) is 4.88. The molecule has 2 aromatic rings. The van der Waals surface area contributed by atoms with E-state index >= 15 is 0 Å². The van der Waals surface area contributed by atoms with Gasteiger partial charge >= 0.3 is 0 Å². The Kier molecular flexibility index (Phi) is 3.15. The van der Waals surface area contributed by atoms with E-state index in [0.29, 0.717) is 6.04 Å². The molecule has 0 bridgehead atoms. The van der Waals surface area contributed by atoms with Gasteiger partial charge in [-0.3, -0.25) is 0 Å². The maximum Gasteiger partial charge on any atom is 0.0446 e. The van der Waals surface area contributed by atoms with Gasteiger partial charge in [0.05, 0.1) is 0 Å². The van der Waals surface area contributed by atoms with E-state index in [1.165, 1.54) is 57.1 Å². The highest BCUT2D eigenvalue weighted by Crippen LogP contribution is 2.44. The Morgan fingerprint density at radius 2 is 1.30 bits per heavy atom. The van der Waals surface area contributed by atoms with E-state index < -0.39 is 0 Å². The average Bonchev–Trinajstić information content (AvgIpc) is 2.46. The highest BCUT2D eigenvalue weighted by Gasteiger charge is 2.31. The van der Waals surface area contributed by atoms with E-state index in [0.717, 1.165) is 0 Å². The van der Waals surface area contributed by atoms with Gasteiger partial charge < -0.3 is 4.90 Å². The summed E-state index contributed by atoms with van der Waals surface area (Å²) in [7, 11) is 0. The van der Waals surface area contributed by atoms with Crippen molar-refractivity contribution in [2.24, 2.45) is 0 Å². The summed E-state index contributed by atoms with van der Waals surface area (Å²) < 4.78 is 2.37. The van der Waals surface area contributed by atoms with Crippen LogP contribution in [0.3, 0.4) is 0 Å². The van der Waals surface area contributed by atoms with Crippen LogP contribution in [0.2, 0.25) is 0 Å². The number of nitrogens with zero attached hydrogens (tertiary/aromatic N) is 1. The van der Waals surface area contributed by atoms with Crippen molar-refractivity contribution in [3.8, 4) is 0 Å². The van der Waals surface area contributed by atoms with Crippen molar-refractivity contribution in [3.63, 3.8) is 0 Å². The van der Waals surface area contributed by atoms with Gasteiger partial charge in [0, 0.05) is 26.4 Å². The van der Waals surface area contributed by atoms with E-state index in [4.69, 9.17) is 0 Å². The van der Waals surface area contributed by atoms with E-state index in [-0.39, 0.29) is 0 Å². The SMILES string of the molecule is Brc1ccc2c(c1)CCC1CCc3cc(Br)ccc3N21. The first-order valence-electron chi connectivity index (χ1n) is 7.08. The molecule has 102 valence electrons. The molecule has 4 rings (SSSR count). The molecule has 0 aromatic heterocycles. The van der Waals surface area contributed by atoms with Crippen LogP contribution in [0.5, 0.6) is 0 Å². The summed E-state index contributed by atoms with van der Waals surface area (Å²) in [6.07, 6.45) is 4.92. The van der Waals surface area contributed by atoms with E-state index in [1.807, 2.05) is 0 Å². The molecule has 0 radical (unpaired) electrons. The Balaban J connectivity index is 1.89. The fourth-order valence-electron chi connectivity index (χ4n) is 3.55. The monoisotopic (exact) mass is 391 g/mol. The minimum absolute atomic E-state index is 0.664. The number of fused-ring (bicyclic) bond motifs is 5. The lowest BCUT2D eigenvalue weighted by Gasteiger charge is -2.43. The summed E-state index contributed by atoms with van der Waals surface area (Å²) in [6, 6.07) is 14.1. The molecule has 0 amide bonds. The highest BCUT2D eigenvalue weighted by atomic mass is 79.9. The molecule has 0 N–H and O–H groups in total. The van der Waals surface area contributed by atoms with Crippen molar-refractivity contribution in [2.75, 3.05) is 4.90 Å². The van der Waals surface area contributed by atoms with Crippen LogP contribution < -0.4 is 4.90 Å². The predicted molar refractivity (Wildman–Crippen MR) is 90.9 cm³/mol. The summed E-state index contributed by atoms with van der Waals surface area (Å²) >= 11 is 7.19. The Hall–Kier alpha value is -0.800. The standard InChI is InChI=1S/C17H15Br2N/c18-13-3-7-16-11(9-13)1-5-15-6-2-12-10-14(19)4-8-17(12)20(15)16/h3-4,7-10,15H,1-2,5-6H2. The van der Waals surface area contributed by atoms with Gasteiger partial charge in [0.25, 0.3) is 0 Å². The molecule has 20 heavy (non-hydrogen) atoms. The average molecular weight is 393 g/mol. The second-order valence-electron chi connectivity index (χ2n) is 5.65. The summed E-state index contributed by atoms with van der Waals surface area (Å²) in [5.74, 6) is 0. The molecule has 0 spiro atoms. The fraction of sp³-hybridized carbons (Fsp3) is 0.294. The lowest BCUT2D eigenvalue weighted by atomic mass is 9.87. The van der Waals surface area contributed by atoms with E-state index in [2.05, 4.69) is 73.2 Å². The van der Waals surface area contributed by atoms with Crippen molar-refractivity contribution < 1.29 is 0 Å². The molecule has 2 aliphatic heterocycles. The van der Waals surface area contributed by atoms with E-state index in [9.17, 15) is 0 Å². The molecule has 3 heteroatoms. The molecule has 0 aliphatic carbocycles. The van der Waals surface area contributed by atoms with Crippen LogP contribution in [0, 0.1) is 0 Å². The first-order valence-corrected chi connectivity index (χ1v) is 8.67. The Bertz CT molecular complexity index is 623. The van der Waals surface area contributed by atoms with Crippen LogP contribution in [-0.2, 0) is 12.8 Å². The zero-order valence-corrected chi connectivity index (χ0v) is 14.2. The summed E-state index contributed by atoms with van der Waals surface area (Å²) in [5.41, 5.74) is 5.72. The van der Waals surface area contributed by atoms with Crippen LogP contribution in [0.1, 0.15) is 24.0 Å². The number of aryl methyl sites for hydroxylation is 2. The van der Waals surface area contributed by atoms with Crippen LogP contribution >= 0.6 is 31.9 Å². The third-order valence-electron chi connectivity index (χ3n) is 4.46. The van der Waals surface area contributed by atoms with E-state index in [1.54, 1.807) is 0 Å². The number of benzene rings is 2. The van der Waals surface area contributed by atoms with Gasteiger partial charge in [0.2, 0.25) is 0 Å². The van der Waals surface area contributed by atoms with Gasteiger partial charge in [-0.25, -0.2) is 0 Å². The number of halogens is 2. The predicted octanol–water partition coefficient (Wildman–Crippen LogP) is 5.61. The van der Waals surface area contributed by atoms with Crippen molar-refractivity contribution >= 4 is 43.2 Å². The van der Waals surface area contributed by atoms with Crippen LogP contribution in [-0.4, -0.2) is 6.04 Å². The fourth-order valence-corrected chi connectivity index (χ4v) is 4.37. The second-order valence-corrected chi connectivity index (χ2v) is 7.48. The Morgan fingerprint density at radius 3 is 1.80 bits per heavy atom. The first kappa shape index (κ1) is 12.9. The number of anilines is 2. The third-order valence-corrected chi connectivity index (χ3v) is 5.45. The smallest absolute Gasteiger partial charge is 0.0446 e. The minimum Gasteiger partial charge on any atom is -0.338 e. The Morgan fingerprint density at radius 1 is 0.800 bits per heavy atom. The van der Waals surface area contributed by atoms with Crippen LogP contribution in [0.25, 0.3) is 0 Å². The quantitative estimate of drug-likeness (QED) is 0.563. The first-order chi connectivity index (χ1) is 9.72. The molecule has 2 aliphatic rings. The molecule has 0 fully saturated rings. The molecule has 0 atom stereocenters. The van der Waals surface area contributed by atoms with Gasteiger partial charge in [-0.2, -0.15) is 0 Å². The number of rotatable bonds is 0. The van der Waals surface area contributed by atoms with Crippen molar-refractivity contribution in [2.45, 2.75) is 31.7 Å². The summed E-state index contributed by atoms with van der Waals surface area (Å²) in [5, 5.41) is 0. The van der Waals surface area contributed by atoms with Crippen molar-refractivity contribution in [1.82, 2.24) is 0 Å². The number of hydrogen-bond donors (Lipinski definition) is 0. The summed E-state index contributed by atoms with van der Waals surface area (Å²) in [4.78, 5) is 2.57. The molecule has 2 aromatic carbocycles. The maximum absolute atomic E-state index is 3.59. The van der Waals surface area contributed by atoms with Crippen molar-refractivity contribution in [3.05, 3.63) is 56.5 Å². The molecule has 2 heterocycles. The highest BCUT2D eigenvalue weighted by molar-refractivity contribution is 9.10. The van der Waals surface area contributed by atoms with Gasteiger partial charge in [-0.1, -0.05) is 31.9 Å². The lowest BCUT2D eigenvalue weighted by Crippen LogP contribution is -2.39. The van der Waals surface area contributed by atoms with Gasteiger partial charge in [0.1, 0.15) is 0 Å². The molecular weight excluding hydrogens is 378 g/mol. The zero-order valence-electron chi connectivity index (χ0n) is 11.1. The third kappa shape index (κ3) is 2.03. The van der Waals surface area contributed by atoms with Gasteiger partial charge in [0.15, 0.2) is 0 Å².